The summed E-state index contributed by atoms with van der Waals surface area (Å²) in [6, 6.07) is 29.5. The Balaban J connectivity index is 1.73. The van der Waals surface area contributed by atoms with Crippen molar-refractivity contribution in [3.63, 3.8) is 0 Å². The Kier molecular flexibility index (Phi) is 5.67. The lowest BCUT2D eigenvalue weighted by molar-refractivity contribution is 0.400. The average Bonchev–Trinajstić information content (AvgIpc) is 2.85. The summed E-state index contributed by atoms with van der Waals surface area (Å²) in [5, 5.41) is 4.42. The van der Waals surface area contributed by atoms with E-state index in [1.165, 1.54) is 0 Å². The van der Waals surface area contributed by atoms with Gasteiger partial charge in [-0.2, -0.15) is 0 Å². The van der Waals surface area contributed by atoms with Gasteiger partial charge in [0, 0.05) is 10.8 Å². The highest BCUT2D eigenvalue weighted by atomic mass is 31.2. The lowest BCUT2D eigenvalue weighted by Gasteiger charge is -2.25. The van der Waals surface area contributed by atoms with Crippen LogP contribution in [0.25, 0.3) is 21.5 Å². The smallest absolute Gasteiger partial charge is 0.412 e. The number of hydrogen-bond acceptors (Lipinski definition) is 3. The van der Waals surface area contributed by atoms with Crippen molar-refractivity contribution in [1.82, 2.24) is 0 Å². The Labute approximate surface area is 200 Å². The van der Waals surface area contributed by atoms with Gasteiger partial charge in [0.25, 0.3) is 0 Å². The molecule has 0 saturated heterocycles. The second-order valence-corrected chi connectivity index (χ2v) is 10.6. The van der Waals surface area contributed by atoms with Crippen molar-refractivity contribution in [1.29, 1.82) is 0 Å². The summed E-state index contributed by atoms with van der Waals surface area (Å²) >= 11 is 0. The molecule has 0 amide bonds. The van der Waals surface area contributed by atoms with Crippen LogP contribution in [0.4, 0.5) is 0 Å². The molecule has 5 rings (SSSR count). The molecule has 0 aliphatic rings. The molecule has 0 aliphatic carbocycles. The van der Waals surface area contributed by atoms with E-state index in [1.807, 2.05) is 94.4 Å². The number of benzene rings is 5. The van der Waals surface area contributed by atoms with Gasteiger partial charge in [-0.15, -0.1) is 0 Å². The van der Waals surface area contributed by atoms with Crippen LogP contribution in [-0.2, 0) is 4.57 Å². The van der Waals surface area contributed by atoms with Crippen molar-refractivity contribution >= 4 is 34.4 Å². The lowest BCUT2D eigenvalue weighted by Crippen LogP contribution is -2.16. The molecule has 4 heteroatoms. The van der Waals surface area contributed by atoms with Gasteiger partial charge in [0.15, 0.2) is 0 Å². The summed E-state index contributed by atoms with van der Waals surface area (Å²) in [4.78, 5) is 0. The molecular formula is C30H27O3P. The van der Waals surface area contributed by atoms with Gasteiger partial charge in [-0.25, -0.2) is 4.57 Å². The van der Waals surface area contributed by atoms with Crippen LogP contribution >= 0.6 is 7.60 Å². The van der Waals surface area contributed by atoms with E-state index in [4.69, 9.17) is 9.05 Å². The van der Waals surface area contributed by atoms with Gasteiger partial charge in [-0.3, -0.25) is 0 Å². The van der Waals surface area contributed by atoms with Crippen LogP contribution in [-0.4, -0.2) is 0 Å². The topological polar surface area (TPSA) is 35.5 Å². The van der Waals surface area contributed by atoms with Gasteiger partial charge in [-0.05, 0) is 72.9 Å². The molecule has 0 heterocycles. The van der Waals surface area contributed by atoms with Crippen molar-refractivity contribution in [2.24, 2.45) is 0 Å². The molecule has 5 aromatic carbocycles. The minimum Gasteiger partial charge on any atom is -0.412 e. The Hall–Kier alpha value is -3.55. The predicted octanol–water partition coefficient (Wildman–Crippen LogP) is 8.20. The van der Waals surface area contributed by atoms with Crippen LogP contribution in [0.1, 0.15) is 22.3 Å². The van der Waals surface area contributed by atoms with E-state index >= 15 is 0 Å². The maximum absolute atomic E-state index is 14.7. The first-order valence-electron chi connectivity index (χ1n) is 11.4. The molecule has 5 aromatic rings. The van der Waals surface area contributed by atoms with E-state index in [9.17, 15) is 4.57 Å². The summed E-state index contributed by atoms with van der Waals surface area (Å²) in [5.41, 5.74) is 4.05. The molecule has 0 spiro atoms. The molecular weight excluding hydrogens is 439 g/mol. The molecule has 0 atom stereocenters. The standard InChI is InChI=1S/C30H27O3P/c1-20-18-24-12-8-10-16-27(24)29(22(20)3)32-34(31,26-14-6-5-7-15-26)33-30-23(4)21(2)19-25-13-9-11-17-28(25)30/h5-19H,1-4H3. The SMILES string of the molecule is Cc1cc2ccccc2c(OP(=O)(Oc2c(C)c(C)cc3ccccc23)c2ccccc2)c1C. The van der Waals surface area contributed by atoms with E-state index < -0.39 is 7.60 Å². The van der Waals surface area contributed by atoms with Crippen LogP contribution in [0.2, 0.25) is 0 Å². The number of rotatable bonds is 5. The predicted molar refractivity (Wildman–Crippen MR) is 142 cm³/mol. The minimum absolute atomic E-state index is 0.518. The first kappa shape index (κ1) is 22.3. The van der Waals surface area contributed by atoms with Gasteiger partial charge < -0.3 is 9.05 Å². The Morgan fingerprint density at radius 1 is 0.559 bits per heavy atom. The first-order valence-corrected chi connectivity index (χ1v) is 12.9. The number of hydrogen-bond donors (Lipinski definition) is 0. The highest BCUT2D eigenvalue weighted by Gasteiger charge is 2.34. The third kappa shape index (κ3) is 3.87. The Bertz CT molecular complexity index is 1470. The third-order valence-corrected chi connectivity index (χ3v) is 8.29. The van der Waals surface area contributed by atoms with E-state index in [0.717, 1.165) is 43.8 Å². The first-order chi connectivity index (χ1) is 16.4. The number of fused-ring (bicyclic) bond motifs is 2. The van der Waals surface area contributed by atoms with E-state index in [0.29, 0.717) is 16.8 Å². The minimum atomic E-state index is -3.82. The van der Waals surface area contributed by atoms with Crippen molar-refractivity contribution in [2.45, 2.75) is 27.7 Å². The molecule has 0 unspecified atom stereocenters. The van der Waals surface area contributed by atoms with Crippen LogP contribution in [0.3, 0.4) is 0 Å². The van der Waals surface area contributed by atoms with Gasteiger partial charge in [-0.1, -0.05) is 78.9 Å². The summed E-state index contributed by atoms with van der Waals surface area (Å²) in [7, 11) is -3.82. The molecule has 0 fully saturated rings. The molecule has 0 radical (unpaired) electrons. The van der Waals surface area contributed by atoms with Crippen LogP contribution in [0.5, 0.6) is 11.5 Å². The highest BCUT2D eigenvalue weighted by molar-refractivity contribution is 7.63. The average molecular weight is 467 g/mol. The lowest BCUT2D eigenvalue weighted by atomic mass is 10.0. The molecule has 3 nitrogen and oxygen atoms in total. The molecule has 0 N–H and O–H groups in total. The van der Waals surface area contributed by atoms with Crippen molar-refractivity contribution in [3.05, 3.63) is 113 Å². The van der Waals surface area contributed by atoms with Gasteiger partial charge in [0.05, 0.1) is 5.30 Å². The fraction of sp³-hybridized carbons (Fsp3) is 0.133. The zero-order valence-electron chi connectivity index (χ0n) is 19.8. The van der Waals surface area contributed by atoms with Crippen LogP contribution in [0.15, 0.2) is 91.0 Å². The zero-order chi connectivity index (χ0) is 23.9. The Morgan fingerprint density at radius 3 is 1.44 bits per heavy atom. The third-order valence-electron chi connectivity index (χ3n) is 6.51. The van der Waals surface area contributed by atoms with Gasteiger partial charge >= 0.3 is 7.60 Å². The Morgan fingerprint density at radius 2 is 0.971 bits per heavy atom. The second-order valence-electron chi connectivity index (χ2n) is 8.75. The number of aryl methyl sites for hydroxylation is 2. The normalized spacial score (nSPS) is 11.6. The van der Waals surface area contributed by atoms with Crippen LogP contribution < -0.4 is 14.4 Å². The van der Waals surface area contributed by atoms with Crippen molar-refractivity contribution in [2.75, 3.05) is 0 Å². The quantitative estimate of drug-likeness (QED) is 0.245. The van der Waals surface area contributed by atoms with E-state index in [-0.39, 0.29) is 0 Å². The van der Waals surface area contributed by atoms with Crippen molar-refractivity contribution in [3.8, 4) is 11.5 Å². The van der Waals surface area contributed by atoms with Crippen molar-refractivity contribution < 1.29 is 13.6 Å². The highest BCUT2D eigenvalue weighted by Crippen LogP contribution is 2.52. The summed E-state index contributed by atoms with van der Waals surface area (Å²) in [6.45, 7) is 8.09. The maximum Gasteiger partial charge on any atom is 0.462 e. The largest absolute Gasteiger partial charge is 0.462 e. The fourth-order valence-electron chi connectivity index (χ4n) is 4.31. The summed E-state index contributed by atoms with van der Waals surface area (Å²) < 4.78 is 27.7. The molecule has 0 aromatic heterocycles. The van der Waals surface area contributed by atoms with E-state index in [1.54, 1.807) is 12.1 Å². The van der Waals surface area contributed by atoms with E-state index in [2.05, 4.69) is 12.1 Å². The molecule has 170 valence electrons. The van der Waals surface area contributed by atoms with Gasteiger partial charge in [0.2, 0.25) is 0 Å². The molecule has 34 heavy (non-hydrogen) atoms. The monoisotopic (exact) mass is 466 g/mol. The summed E-state index contributed by atoms with van der Waals surface area (Å²) in [6.07, 6.45) is 0. The fourth-order valence-corrected chi connectivity index (χ4v) is 6.05. The van der Waals surface area contributed by atoms with Gasteiger partial charge in [0.1, 0.15) is 11.5 Å². The maximum atomic E-state index is 14.7. The molecule has 0 bridgehead atoms. The van der Waals surface area contributed by atoms with Crippen LogP contribution in [0, 0.1) is 27.7 Å². The summed E-state index contributed by atoms with van der Waals surface area (Å²) in [5.74, 6) is 1.19. The molecule has 0 saturated carbocycles. The second kappa shape index (κ2) is 8.66. The zero-order valence-corrected chi connectivity index (χ0v) is 20.7. The molecule has 0 aliphatic heterocycles.